The molecule has 7 nitrogen and oxygen atoms in total. The number of hydrogen-bond acceptors (Lipinski definition) is 6. The maximum atomic E-state index is 13.5. The van der Waals surface area contributed by atoms with E-state index in [9.17, 15) is 22.0 Å². The topological polar surface area (TPSA) is 68.1 Å². The van der Waals surface area contributed by atoms with E-state index in [-0.39, 0.29) is 23.0 Å². The summed E-state index contributed by atoms with van der Waals surface area (Å²) in [7, 11) is 1.65. The highest BCUT2D eigenvalue weighted by Crippen LogP contribution is 2.31. The quantitative estimate of drug-likeness (QED) is 0.466. The first-order valence-electron chi connectivity index (χ1n) is 10.6. The van der Waals surface area contributed by atoms with Crippen LogP contribution in [0.15, 0.2) is 42.7 Å². The molecule has 0 spiro atoms. The molecule has 1 aliphatic rings. The van der Waals surface area contributed by atoms with Crippen molar-refractivity contribution in [3.8, 4) is 5.69 Å². The number of methoxy groups -OCH3 is 1. The fraction of sp³-hybridized carbons (Fsp3) is 0.409. The maximum Gasteiger partial charge on any atom is 0.416 e. The fourth-order valence-corrected chi connectivity index (χ4v) is 3.84. The van der Waals surface area contributed by atoms with Gasteiger partial charge >= 0.3 is 6.18 Å². The number of ether oxygens (including phenoxy) is 1. The van der Waals surface area contributed by atoms with Gasteiger partial charge in [0.05, 0.1) is 11.3 Å². The Morgan fingerprint density at radius 2 is 1.91 bits per heavy atom. The standard InChI is InChI=1S/C22H23F5N6O/c1-34-12-14-5-7-32(8-6-14)19-10-15(20(23)24)9-18(29-19)30-21-28-13-33(31-21)17-4-2-3-16(11-17)22(25,26)27/h2-4,9-11,13-14,20H,5-8,12H2,1H3,(H,29,30,31). The first-order valence-corrected chi connectivity index (χ1v) is 10.6. The third-order valence-corrected chi connectivity index (χ3v) is 5.60. The summed E-state index contributed by atoms with van der Waals surface area (Å²) in [5, 5.41) is 6.90. The van der Waals surface area contributed by atoms with Crippen molar-refractivity contribution in [3.63, 3.8) is 0 Å². The van der Waals surface area contributed by atoms with Gasteiger partial charge in [0.15, 0.2) is 0 Å². The minimum atomic E-state index is -4.49. The Hall–Kier alpha value is -3.28. The molecule has 0 atom stereocenters. The minimum Gasteiger partial charge on any atom is -0.384 e. The lowest BCUT2D eigenvalue weighted by Crippen LogP contribution is -2.35. The van der Waals surface area contributed by atoms with Crippen LogP contribution in [0.5, 0.6) is 0 Å². The number of nitrogens with zero attached hydrogens (tertiary/aromatic N) is 5. The highest BCUT2D eigenvalue weighted by atomic mass is 19.4. The van der Waals surface area contributed by atoms with E-state index >= 15 is 0 Å². The normalized spacial score (nSPS) is 15.2. The zero-order valence-electron chi connectivity index (χ0n) is 18.3. The predicted octanol–water partition coefficient (Wildman–Crippen LogP) is 5.23. The van der Waals surface area contributed by atoms with Gasteiger partial charge in [-0.2, -0.15) is 18.2 Å². The lowest BCUT2D eigenvalue weighted by molar-refractivity contribution is -0.137. The van der Waals surface area contributed by atoms with Crippen molar-refractivity contribution >= 4 is 17.6 Å². The van der Waals surface area contributed by atoms with E-state index in [1.807, 2.05) is 4.90 Å². The van der Waals surface area contributed by atoms with Crippen molar-refractivity contribution in [2.45, 2.75) is 25.4 Å². The largest absolute Gasteiger partial charge is 0.416 e. The summed E-state index contributed by atoms with van der Waals surface area (Å²) in [4.78, 5) is 10.4. The van der Waals surface area contributed by atoms with Gasteiger partial charge in [-0.25, -0.2) is 18.4 Å². The summed E-state index contributed by atoms with van der Waals surface area (Å²) in [6.45, 7) is 1.98. The second-order valence-corrected chi connectivity index (χ2v) is 8.02. The average Bonchev–Trinajstić information content (AvgIpc) is 3.27. The number of benzene rings is 1. The van der Waals surface area contributed by atoms with Crippen LogP contribution in [0.4, 0.5) is 39.5 Å². The smallest absolute Gasteiger partial charge is 0.384 e. The van der Waals surface area contributed by atoms with Gasteiger partial charge in [0.1, 0.15) is 18.0 Å². The summed E-state index contributed by atoms with van der Waals surface area (Å²) in [5.74, 6) is 0.962. The van der Waals surface area contributed by atoms with Crippen molar-refractivity contribution in [2.75, 3.05) is 37.0 Å². The van der Waals surface area contributed by atoms with Gasteiger partial charge in [-0.1, -0.05) is 6.07 Å². The number of halogens is 5. The molecule has 3 aromatic rings. The van der Waals surface area contributed by atoms with E-state index in [1.165, 1.54) is 30.6 Å². The third kappa shape index (κ3) is 5.61. The molecule has 182 valence electrons. The van der Waals surface area contributed by atoms with E-state index in [1.54, 1.807) is 7.11 Å². The molecule has 0 radical (unpaired) electrons. The number of aromatic nitrogens is 4. The Bertz CT molecular complexity index is 1110. The molecule has 2 aromatic heterocycles. The molecule has 0 unspecified atom stereocenters. The molecule has 1 N–H and O–H groups in total. The van der Waals surface area contributed by atoms with Gasteiger partial charge in [0.2, 0.25) is 5.95 Å². The molecule has 4 rings (SSSR count). The number of anilines is 3. The average molecular weight is 482 g/mol. The van der Waals surface area contributed by atoms with E-state index < -0.39 is 18.2 Å². The summed E-state index contributed by atoms with van der Waals surface area (Å²) in [6, 6.07) is 7.19. The molecule has 12 heteroatoms. The van der Waals surface area contributed by atoms with Gasteiger partial charge in [0, 0.05) is 32.4 Å². The lowest BCUT2D eigenvalue weighted by Gasteiger charge is -2.32. The van der Waals surface area contributed by atoms with Gasteiger partial charge in [0.25, 0.3) is 6.43 Å². The first-order chi connectivity index (χ1) is 16.2. The first kappa shape index (κ1) is 23.9. The van der Waals surface area contributed by atoms with Crippen LogP contribution in [0.2, 0.25) is 0 Å². The number of pyridine rings is 1. The van der Waals surface area contributed by atoms with E-state index in [4.69, 9.17) is 4.74 Å². The van der Waals surface area contributed by atoms with Crippen LogP contribution in [0.1, 0.15) is 30.4 Å². The van der Waals surface area contributed by atoms with Gasteiger partial charge in [-0.05, 0) is 49.1 Å². The van der Waals surface area contributed by atoms with Crippen LogP contribution in [0, 0.1) is 5.92 Å². The SMILES string of the molecule is COCC1CCN(c2cc(C(F)F)cc(Nc3ncn(-c4cccc(C(F)(F)F)c4)n3)n2)CC1. The second kappa shape index (κ2) is 9.92. The van der Waals surface area contributed by atoms with Crippen LogP contribution >= 0.6 is 0 Å². The monoisotopic (exact) mass is 482 g/mol. The number of hydrogen-bond donors (Lipinski definition) is 1. The third-order valence-electron chi connectivity index (χ3n) is 5.60. The van der Waals surface area contributed by atoms with Crippen LogP contribution < -0.4 is 10.2 Å². The van der Waals surface area contributed by atoms with Crippen LogP contribution in [-0.2, 0) is 10.9 Å². The molecule has 1 aromatic carbocycles. The van der Waals surface area contributed by atoms with E-state index in [2.05, 4.69) is 20.4 Å². The lowest BCUT2D eigenvalue weighted by atomic mass is 9.98. The highest BCUT2D eigenvalue weighted by molar-refractivity contribution is 5.56. The number of nitrogens with one attached hydrogen (secondary N) is 1. The van der Waals surface area contributed by atoms with Crippen LogP contribution in [-0.4, -0.2) is 46.6 Å². The molecule has 0 saturated carbocycles. The highest BCUT2D eigenvalue weighted by Gasteiger charge is 2.30. The molecule has 34 heavy (non-hydrogen) atoms. The van der Waals surface area contributed by atoms with Crippen LogP contribution in [0.25, 0.3) is 5.69 Å². The van der Waals surface area contributed by atoms with Crippen molar-refractivity contribution in [1.29, 1.82) is 0 Å². The van der Waals surface area contributed by atoms with Crippen molar-refractivity contribution in [2.24, 2.45) is 5.92 Å². The molecule has 1 aliphatic heterocycles. The molecule has 1 fully saturated rings. The van der Waals surface area contributed by atoms with Gasteiger partial charge in [-0.3, -0.25) is 0 Å². The Morgan fingerprint density at radius 3 is 2.59 bits per heavy atom. The second-order valence-electron chi connectivity index (χ2n) is 8.02. The molecular weight excluding hydrogens is 459 g/mol. The number of rotatable bonds is 7. The van der Waals surface area contributed by atoms with E-state index in [0.717, 1.165) is 29.7 Å². The van der Waals surface area contributed by atoms with Crippen molar-refractivity contribution in [1.82, 2.24) is 19.7 Å². The Kier molecular flexibility index (Phi) is 6.96. The molecular formula is C22H23F5N6O. The molecule has 0 amide bonds. The van der Waals surface area contributed by atoms with Crippen LogP contribution in [0.3, 0.4) is 0 Å². The molecule has 3 heterocycles. The molecule has 0 bridgehead atoms. The minimum absolute atomic E-state index is 0.0149. The fourth-order valence-electron chi connectivity index (χ4n) is 3.84. The van der Waals surface area contributed by atoms with E-state index in [0.29, 0.717) is 31.4 Å². The Morgan fingerprint density at radius 1 is 1.15 bits per heavy atom. The predicted molar refractivity (Wildman–Crippen MR) is 116 cm³/mol. The zero-order chi connectivity index (χ0) is 24.3. The summed E-state index contributed by atoms with van der Waals surface area (Å²) >= 11 is 0. The number of piperidine rings is 1. The molecule has 1 saturated heterocycles. The Balaban J connectivity index is 1.54. The van der Waals surface area contributed by atoms with Gasteiger partial charge < -0.3 is 15.0 Å². The molecule has 0 aliphatic carbocycles. The van der Waals surface area contributed by atoms with Crippen molar-refractivity contribution in [3.05, 3.63) is 53.9 Å². The summed E-state index contributed by atoms with van der Waals surface area (Å²) in [5.41, 5.74) is -0.867. The van der Waals surface area contributed by atoms with Gasteiger partial charge in [-0.15, -0.1) is 5.10 Å². The maximum absolute atomic E-state index is 13.5. The zero-order valence-corrected chi connectivity index (χ0v) is 18.3. The Labute approximate surface area is 192 Å². The number of alkyl halides is 5. The summed E-state index contributed by atoms with van der Waals surface area (Å²) in [6.07, 6.45) is -4.24. The van der Waals surface area contributed by atoms with Crippen molar-refractivity contribution < 1.29 is 26.7 Å². The summed E-state index contributed by atoms with van der Waals surface area (Å²) < 4.78 is 72.4.